The first kappa shape index (κ1) is 27.8. The van der Waals surface area contributed by atoms with E-state index in [1.165, 1.54) is 16.9 Å². The molecule has 4 aromatic rings. The summed E-state index contributed by atoms with van der Waals surface area (Å²) in [6.07, 6.45) is 0.844. The van der Waals surface area contributed by atoms with Crippen molar-refractivity contribution in [2.24, 2.45) is 11.7 Å². The van der Waals surface area contributed by atoms with E-state index in [9.17, 15) is 4.79 Å². The van der Waals surface area contributed by atoms with Crippen LogP contribution in [0.2, 0.25) is 0 Å². The van der Waals surface area contributed by atoms with Gasteiger partial charge in [0.05, 0.1) is 16.3 Å². The lowest BCUT2D eigenvalue weighted by Crippen LogP contribution is -2.17. The average molecular weight is 517 g/mol. The average Bonchev–Trinajstić information content (AvgIpc) is 3.20. The van der Waals surface area contributed by atoms with Crippen molar-refractivity contribution in [3.63, 3.8) is 0 Å². The van der Waals surface area contributed by atoms with E-state index in [1.54, 1.807) is 0 Å². The highest BCUT2D eigenvalue weighted by Gasteiger charge is 2.22. The van der Waals surface area contributed by atoms with Gasteiger partial charge < -0.3 is 11.1 Å². The van der Waals surface area contributed by atoms with Crippen LogP contribution in [0.3, 0.4) is 0 Å². The summed E-state index contributed by atoms with van der Waals surface area (Å²) >= 11 is 1.50. The number of hydrogen-bond acceptors (Lipinski definition) is 4. The predicted molar refractivity (Wildman–Crippen MR) is 150 cm³/mol. The Balaban J connectivity index is 0.00000204. The number of anilines is 1. The van der Waals surface area contributed by atoms with Crippen LogP contribution in [0.5, 0.6) is 0 Å². The predicted octanol–water partition coefficient (Wildman–Crippen LogP) is 7.33. The van der Waals surface area contributed by atoms with E-state index < -0.39 is 0 Å². The number of pyridine rings is 1. The van der Waals surface area contributed by atoms with Crippen LogP contribution in [0.15, 0.2) is 54.6 Å². The number of hydrogen-bond donors (Lipinski definition) is 2. The van der Waals surface area contributed by atoms with Crippen LogP contribution in [0.1, 0.15) is 46.0 Å². The number of nitrogens with zero attached hydrogens (tertiary/aromatic N) is 1. The number of nitrogens with two attached hydrogens (primary N) is 1. The monoisotopic (exact) mass is 515 g/mol. The van der Waals surface area contributed by atoms with Gasteiger partial charge in [-0.05, 0) is 54.8 Å². The summed E-state index contributed by atoms with van der Waals surface area (Å²) < 4.78 is 1.10. The topological polar surface area (TPSA) is 68.0 Å². The second kappa shape index (κ2) is 11.8. The highest BCUT2D eigenvalue weighted by atomic mass is 35.5. The van der Waals surface area contributed by atoms with Gasteiger partial charge in [-0.3, -0.25) is 9.78 Å². The van der Waals surface area contributed by atoms with Crippen LogP contribution in [-0.4, -0.2) is 10.9 Å². The molecule has 0 fully saturated rings. The molecule has 2 aromatic heterocycles. The summed E-state index contributed by atoms with van der Waals surface area (Å²) in [5, 5.41) is 4.25. The molecule has 0 radical (unpaired) electrons. The normalized spacial score (nSPS) is 10.6. The van der Waals surface area contributed by atoms with Gasteiger partial charge in [0.2, 0.25) is 0 Å². The second-order valence-electron chi connectivity index (χ2n) is 8.64. The highest BCUT2D eigenvalue weighted by Crippen LogP contribution is 2.37. The number of thiophene rings is 1. The van der Waals surface area contributed by atoms with E-state index in [2.05, 4.69) is 50.4 Å². The fourth-order valence-electron chi connectivity index (χ4n) is 4.04. The zero-order valence-electron chi connectivity index (χ0n) is 19.8. The molecule has 4 rings (SSSR count). The van der Waals surface area contributed by atoms with Gasteiger partial charge in [-0.2, -0.15) is 0 Å². The molecule has 0 aliphatic rings. The lowest BCUT2D eigenvalue weighted by molar-refractivity contribution is 0.103. The quantitative estimate of drug-likeness (QED) is 0.282. The third-order valence-electron chi connectivity index (χ3n) is 5.60. The molecule has 0 aliphatic carbocycles. The van der Waals surface area contributed by atoms with Crippen molar-refractivity contribution in [3.8, 4) is 11.1 Å². The molecule has 0 unspecified atom stereocenters. The maximum absolute atomic E-state index is 13.3. The first-order valence-corrected chi connectivity index (χ1v) is 11.8. The number of carbonyl (C=O) groups is 1. The minimum atomic E-state index is -0.121. The van der Waals surface area contributed by atoms with Gasteiger partial charge in [0, 0.05) is 22.5 Å². The Hall–Kier alpha value is -2.44. The zero-order chi connectivity index (χ0) is 22.8. The zero-order valence-corrected chi connectivity index (χ0v) is 22.3. The van der Waals surface area contributed by atoms with Gasteiger partial charge in [-0.25, -0.2) is 0 Å². The minimum Gasteiger partial charge on any atom is -0.326 e. The maximum atomic E-state index is 13.3. The smallest absolute Gasteiger partial charge is 0.265 e. The van der Waals surface area contributed by atoms with Crippen LogP contribution < -0.4 is 11.1 Å². The summed E-state index contributed by atoms with van der Waals surface area (Å²) in [5.41, 5.74) is 13.0. The van der Waals surface area contributed by atoms with Gasteiger partial charge >= 0.3 is 0 Å². The van der Waals surface area contributed by atoms with Gasteiger partial charge in [0.1, 0.15) is 0 Å². The van der Waals surface area contributed by atoms with Crippen molar-refractivity contribution in [2.75, 3.05) is 5.32 Å². The second-order valence-corrected chi connectivity index (χ2v) is 9.73. The fourth-order valence-corrected chi connectivity index (χ4v) is 5.00. The highest BCUT2D eigenvalue weighted by molar-refractivity contribution is 7.20. The molecule has 0 aliphatic heterocycles. The summed E-state index contributed by atoms with van der Waals surface area (Å²) in [7, 11) is 0. The van der Waals surface area contributed by atoms with Gasteiger partial charge in [-0.1, -0.05) is 61.9 Å². The molecule has 1 amide bonds. The number of nitrogens with one attached hydrogen (secondary N) is 1. The van der Waals surface area contributed by atoms with Crippen LogP contribution in [0.4, 0.5) is 5.69 Å². The van der Waals surface area contributed by atoms with Crippen molar-refractivity contribution in [3.05, 3.63) is 82.0 Å². The number of rotatable bonds is 6. The van der Waals surface area contributed by atoms with Gasteiger partial charge in [-0.15, -0.1) is 36.2 Å². The van der Waals surface area contributed by atoms with Crippen molar-refractivity contribution in [2.45, 2.75) is 40.7 Å². The van der Waals surface area contributed by atoms with Crippen molar-refractivity contribution < 1.29 is 4.79 Å². The largest absolute Gasteiger partial charge is 0.326 e. The Morgan fingerprint density at radius 1 is 1.06 bits per heavy atom. The number of carbonyl (C=O) groups excluding carboxylic acids is 1. The number of fused-ring (bicyclic) bond motifs is 1. The molecule has 34 heavy (non-hydrogen) atoms. The lowest BCUT2D eigenvalue weighted by Gasteiger charge is -2.21. The summed E-state index contributed by atoms with van der Waals surface area (Å²) in [4.78, 5) is 18.8. The SMILES string of the molecule is Cc1ccc(-c2c(CN)c(CC(C)C)nc(C)c2NC(=O)c2cc3ccccc3s2)cc1.Cl.Cl. The van der Waals surface area contributed by atoms with E-state index in [0.29, 0.717) is 17.3 Å². The Bertz CT molecular complexity index is 1250. The molecule has 180 valence electrons. The Labute approximate surface area is 217 Å². The molecule has 2 heterocycles. The van der Waals surface area contributed by atoms with Gasteiger partial charge in [0.25, 0.3) is 5.91 Å². The molecule has 0 saturated carbocycles. The van der Waals surface area contributed by atoms with E-state index >= 15 is 0 Å². The van der Waals surface area contributed by atoms with Crippen LogP contribution in [-0.2, 0) is 13.0 Å². The Kier molecular flexibility index (Phi) is 9.65. The molecular weight excluding hydrogens is 485 g/mol. The van der Waals surface area contributed by atoms with E-state index in [-0.39, 0.29) is 30.7 Å². The molecule has 2 aromatic carbocycles. The Morgan fingerprint density at radius 2 is 1.74 bits per heavy atom. The van der Waals surface area contributed by atoms with Crippen molar-refractivity contribution >= 4 is 57.8 Å². The first-order chi connectivity index (χ1) is 15.4. The molecule has 4 nitrogen and oxygen atoms in total. The fraction of sp³-hybridized carbons (Fsp3) is 0.259. The third-order valence-corrected chi connectivity index (χ3v) is 6.71. The molecule has 7 heteroatoms. The van der Waals surface area contributed by atoms with Crippen LogP contribution in [0.25, 0.3) is 21.2 Å². The molecular formula is C27H31Cl2N3OS. The molecule has 0 saturated heterocycles. The number of amides is 1. The molecule has 0 spiro atoms. The number of halogens is 2. The number of benzene rings is 2. The lowest BCUT2D eigenvalue weighted by atomic mass is 9.92. The Morgan fingerprint density at radius 3 is 2.35 bits per heavy atom. The summed E-state index contributed by atoms with van der Waals surface area (Å²) in [6, 6.07) is 18.4. The van der Waals surface area contributed by atoms with Gasteiger partial charge in [0.15, 0.2) is 0 Å². The van der Waals surface area contributed by atoms with Crippen LogP contribution in [0, 0.1) is 19.8 Å². The number of aromatic nitrogens is 1. The molecule has 0 bridgehead atoms. The maximum Gasteiger partial charge on any atom is 0.265 e. The standard InChI is InChI=1S/C27H29N3OS.2ClH/c1-16(2)13-22-21(15-28)25(19-11-9-17(3)10-12-19)26(18(4)29-22)30-27(31)24-14-20-7-5-6-8-23(20)32-24;;/h5-12,14,16H,13,15,28H2,1-4H3,(H,30,31);2*1H. The third kappa shape index (κ3) is 5.78. The molecule has 3 N–H and O–H groups in total. The number of aryl methyl sites for hydroxylation is 2. The van der Waals surface area contributed by atoms with Crippen molar-refractivity contribution in [1.29, 1.82) is 0 Å². The van der Waals surface area contributed by atoms with E-state index in [0.717, 1.165) is 50.3 Å². The minimum absolute atomic E-state index is 0. The summed E-state index contributed by atoms with van der Waals surface area (Å²) in [5.74, 6) is 0.334. The summed E-state index contributed by atoms with van der Waals surface area (Å²) in [6.45, 7) is 8.76. The van der Waals surface area contributed by atoms with E-state index in [4.69, 9.17) is 10.7 Å². The first-order valence-electron chi connectivity index (χ1n) is 11.0. The van der Waals surface area contributed by atoms with Crippen LogP contribution >= 0.6 is 36.2 Å². The molecule has 0 atom stereocenters. The van der Waals surface area contributed by atoms with E-state index in [1.807, 2.05) is 37.3 Å². The van der Waals surface area contributed by atoms with Crippen molar-refractivity contribution in [1.82, 2.24) is 4.98 Å².